The normalized spacial score (nSPS) is 13.7. The van der Waals surface area contributed by atoms with Gasteiger partial charge in [-0.05, 0) is 13.3 Å². The number of hydrogen-bond donors (Lipinski definition) is 0. The molecular weight excluding hydrogens is 244 g/mol. The highest BCUT2D eigenvalue weighted by Crippen LogP contribution is 2.16. The van der Waals surface area contributed by atoms with Gasteiger partial charge in [-0.3, -0.25) is 0 Å². The van der Waals surface area contributed by atoms with E-state index in [1.54, 1.807) is 21.3 Å². The number of methoxy groups -OCH3 is 3. The van der Waals surface area contributed by atoms with Crippen molar-refractivity contribution >= 4 is 0 Å². The predicted octanol–water partition coefficient (Wildman–Crippen LogP) is 3.74. The molecule has 0 aliphatic carbocycles. The lowest BCUT2D eigenvalue weighted by Gasteiger charge is -2.29. The predicted molar refractivity (Wildman–Crippen MR) is 77.2 cm³/mol. The van der Waals surface area contributed by atoms with Crippen molar-refractivity contribution in [2.75, 3.05) is 27.9 Å². The monoisotopic (exact) mass is 276 g/mol. The van der Waals surface area contributed by atoms with Gasteiger partial charge in [0.25, 0.3) is 0 Å². The van der Waals surface area contributed by atoms with Gasteiger partial charge in [0.15, 0.2) is 0 Å². The molecule has 0 spiro atoms. The van der Waals surface area contributed by atoms with E-state index in [0.717, 1.165) is 6.42 Å². The molecule has 0 N–H and O–H groups in total. The van der Waals surface area contributed by atoms with Crippen LogP contribution in [0.25, 0.3) is 0 Å². The van der Waals surface area contributed by atoms with Crippen molar-refractivity contribution in [3.8, 4) is 0 Å². The smallest absolute Gasteiger partial charge is 0.307 e. The van der Waals surface area contributed by atoms with Crippen molar-refractivity contribution in [1.29, 1.82) is 0 Å². The summed E-state index contributed by atoms with van der Waals surface area (Å²) in [6, 6.07) is 0. The SMILES string of the molecule is CCCCCCCCC(C)OCC(OC)(OC)OC. The first-order valence-electron chi connectivity index (χ1n) is 7.41. The van der Waals surface area contributed by atoms with E-state index in [1.165, 1.54) is 38.5 Å². The molecule has 0 aromatic rings. The quantitative estimate of drug-likeness (QED) is 0.379. The van der Waals surface area contributed by atoms with Gasteiger partial charge in [-0.25, -0.2) is 0 Å². The minimum atomic E-state index is -1.07. The van der Waals surface area contributed by atoms with Gasteiger partial charge in [0.1, 0.15) is 6.61 Å². The largest absolute Gasteiger partial charge is 0.370 e. The molecule has 1 atom stereocenters. The zero-order valence-corrected chi connectivity index (χ0v) is 13.4. The van der Waals surface area contributed by atoms with Gasteiger partial charge in [0, 0.05) is 21.3 Å². The molecule has 0 bridgehead atoms. The summed E-state index contributed by atoms with van der Waals surface area (Å²) in [5.74, 6) is -1.07. The lowest BCUT2D eigenvalue weighted by atomic mass is 10.1. The molecule has 0 aliphatic rings. The summed E-state index contributed by atoms with van der Waals surface area (Å²) in [5.41, 5.74) is 0. The van der Waals surface area contributed by atoms with E-state index >= 15 is 0 Å². The van der Waals surface area contributed by atoms with E-state index in [0.29, 0.717) is 0 Å². The van der Waals surface area contributed by atoms with Gasteiger partial charge in [0.2, 0.25) is 0 Å². The standard InChI is InChI=1S/C15H32O4/c1-6-7-8-9-10-11-12-14(2)19-13-15(16-3,17-4)18-5/h14H,6-13H2,1-5H3. The van der Waals surface area contributed by atoms with Crippen molar-refractivity contribution in [3.63, 3.8) is 0 Å². The van der Waals surface area contributed by atoms with Crippen molar-refractivity contribution in [1.82, 2.24) is 0 Å². The molecule has 0 saturated heterocycles. The summed E-state index contributed by atoms with van der Waals surface area (Å²) in [7, 11) is 4.65. The van der Waals surface area contributed by atoms with Gasteiger partial charge in [-0.2, -0.15) is 0 Å². The van der Waals surface area contributed by atoms with E-state index in [4.69, 9.17) is 18.9 Å². The Kier molecular flexibility index (Phi) is 11.6. The molecular formula is C15H32O4. The Labute approximate surface area is 118 Å². The van der Waals surface area contributed by atoms with E-state index in [-0.39, 0.29) is 12.7 Å². The van der Waals surface area contributed by atoms with E-state index in [1.807, 2.05) is 0 Å². The molecule has 0 fully saturated rings. The van der Waals surface area contributed by atoms with E-state index < -0.39 is 5.97 Å². The molecule has 116 valence electrons. The van der Waals surface area contributed by atoms with Gasteiger partial charge in [0.05, 0.1) is 6.10 Å². The Morgan fingerprint density at radius 1 is 0.842 bits per heavy atom. The number of rotatable bonds is 13. The van der Waals surface area contributed by atoms with Crippen LogP contribution in [0.5, 0.6) is 0 Å². The summed E-state index contributed by atoms with van der Waals surface area (Å²) in [5, 5.41) is 0. The Hall–Kier alpha value is -0.160. The van der Waals surface area contributed by atoms with Gasteiger partial charge >= 0.3 is 5.97 Å². The van der Waals surface area contributed by atoms with Crippen LogP contribution < -0.4 is 0 Å². The third-order valence-corrected chi connectivity index (χ3v) is 3.44. The van der Waals surface area contributed by atoms with Crippen LogP contribution in [0.4, 0.5) is 0 Å². The van der Waals surface area contributed by atoms with Gasteiger partial charge < -0.3 is 18.9 Å². The average Bonchev–Trinajstić information content (AvgIpc) is 2.45. The molecule has 0 aromatic heterocycles. The minimum Gasteiger partial charge on any atom is -0.370 e. The maximum Gasteiger partial charge on any atom is 0.307 e. The number of unbranched alkanes of at least 4 members (excludes halogenated alkanes) is 5. The molecule has 4 heteroatoms. The molecule has 4 nitrogen and oxygen atoms in total. The maximum absolute atomic E-state index is 5.73. The second-order valence-electron chi connectivity index (χ2n) is 4.97. The zero-order valence-electron chi connectivity index (χ0n) is 13.4. The summed E-state index contributed by atoms with van der Waals surface area (Å²) in [6.07, 6.45) is 9.11. The van der Waals surface area contributed by atoms with Crippen LogP contribution >= 0.6 is 0 Å². The van der Waals surface area contributed by atoms with Gasteiger partial charge in [-0.15, -0.1) is 0 Å². The Bertz CT molecular complexity index is 184. The lowest BCUT2D eigenvalue weighted by molar-refractivity contribution is -0.371. The Morgan fingerprint density at radius 2 is 1.37 bits per heavy atom. The fourth-order valence-corrected chi connectivity index (χ4v) is 1.97. The molecule has 0 aliphatic heterocycles. The molecule has 0 amide bonds. The zero-order chi connectivity index (χ0) is 14.6. The van der Waals surface area contributed by atoms with Crippen LogP contribution in [0.3, 0.4) is 0 Å². The van der Waals surface area contributed by atoms with Crippen LogP contribution in [0.2, 0.25) is 0 Å². The Balaban J connectivity index is 3.65. The molecule has 0 heterocycles. The highest BCUT2D eigenvalue weighted by molar-refractivity contribution is 4.57. The average molecular weight is 276 g/mol. The second kappa shape index (κ2) is 11.6. The number of ether oxygens (including phenoxy) is 4. The van der Waals surface area contributed by atoms with E-state index in [9.17, 15) is 0 Å². The third kappa shape index (κ3) is 8.58. The van der Waals surface area contributed by atoms with Crippen LogP contribution in [0, 0.1) is 0 Å². The third-order valence-electron chi connectivity index (χ3n) is 3.44. The lowest BCUT2D eigenvalue weighted by Crippen LogP contribution is -2.42. The highest BCUT2D eigenvalue weighted by atomic mass is 16.9. The van der Waals surface area contributed by atoms with Crippen molar-refractivity contribution in [2.24, 2.45) is 0 Å². The highest BCUT2D eigenvalue weighted by Gasteiger charge is 2.30. The molecule has 0 saturated carbocycles. The van der Waals surface area contributed by atoms with E-state index in [2.05, 4.69) is 13.8 Å². The first kappa shape index (κ1) is 18.8. The first-order chi connectivity index (χ1) is 9.14. The first-order valence-corrected chi connectivity index (χ1v) is 7.41. The molecule has 19 heavy (non-hydrogen) atoms. The van der Waals surface area contributed by atoms with Crippen LogP contribution in [-0.2, 0) is 18.9 Å². The minimum absolute atomic E-state index is 0.200. The summed E-state index contributed by atoms with van der Waals surface area (Å²) < 4.78 is 21.3. The number of hydrogen-bond acceptors (Lipinski definition) is 4. The molecule has 0 radical (unpaired) electrons. The van der Waals surface area contributed by atoms with Crippen LogP contribution in [0.1, 0.15) is 58.8 Å². The molecule has 0 aromatic carbocycles. The Morgan fingerprint density at radius 3 is 1.89 bits per heavy atom. The van der Waals surface area contributed by atoms with Gasteiger partial charge in [-0.1, -0.05) is 45.4 Å². The van der Waals surface area contributed by atoms with Crippen molar-refractivity contribution < 1.29 is 18.9 Å². The van der Waals surface area contributed by atoms with Crippen LogP contribution in [0.15, 0.2) is 0 Å². The van der Waals surface area contributed by atoms with Crippen molar-refractivity contribution in [3.05, 3.63) is 0 Å². The maximum atomic E-state index is 5.73. The fraction of sp³-hybridized carbons (Fsp3) is 1.00. The summed E-state index contributed by atoms with van der Waals surface area (Å²) >= 11 is 0. The topological polar surface area (TPSA) is 36.9 Å². The molecule has 0 rings (SSSR count). The van der Waals surface area contributed by atoms with Crippen LogP contribution in [-0.4, -0.2) is 40.0 Å². The molecule has 1 unspecified atom stereocenters. The summed E-state index contributed by atoms with van der Waals surface area (Å²) in [4.78, 5) is 0. The fourth-order valence-electron chi connectivity index (χ4n) is 1.97. The summed E-state index contributed by atoms with van der Waals surface area (Å²) in [6.45, 7) is 4.61. The van der Waals surface area contributed by atoms with Crippen molar-refractivity contribution in [2.45, 2.75) is 70.9 Å². The second-order valence-corrected chi connectivity index (χ2v) is 4.97.